The van der Waals surface area contributed by atoms with Crippen LogP contribution in [0.4, 0.5) is 0 Å². The molecule has 1 aliphatic rings. The SMILES string of the molecule is O=c1[nH]c(=O)n(-c2cccc3ccccc23)c(O)c1C=NC1CCN(Cc2ccccc2)CC1. The van der Waals surface area contributed by atoms with Crippen molar-refractivity contribution in [2.45, 2.75) is 25.4 Å². The van der Waals surface area contributed by atoms with Crippen molar-refractivity contribution < 1.29 is 5.11 Å². The number of aromatic hydroxyl groups is 1. The van der Waals surface area contributed by atoms with Crippen LogP contribution in [-0.2, 0) is 6.54 Å². The number of rotatable bonds is 5. The highest BCUT2D eigenvalue weighted by molar-refractivity contribution is 5.91. The van der Waals surface area contributed by atoms with Gasteiger partial charge in [-0.2, -0.15) is 0 Å². The van der Waals surface area contributed by atoms with E-state index < -0.39 is 17.1 Å². The Morgan fingerprint density at radius 2 is 1.65 bits per heavy atom. The second kappa shape index (κ2) is 9.49. The van der Waals surface area contributed by atoms with Crippen LogP contribution in [0.25, 0.3) is 16.5 Å². The summed E-state index contributed by atoms with van der Waals surface area (Å²) in [5, 5.41) is 12.7. The van der Waals surface area contributed by atoms with Crippen molar-refractivity contribution in [3.8, 4) is 11.6 Å². The fourth-order valence-corrected chi connectivity index (χ4v) is 4.53. The molecule has 4 aromatic rings. The Balaban J connectivity index is 1.38. The van der Waals surface area contributed by atoms with E-state index in [1.807, 2.05) is 54.6 Å². The molecule has 1 fully saturated rings. The highest BCUT2D eigenvalue weighted by Crippen LogP contribution is 2.24. The zero-order valence-corrected chi connectivity index (χ0v) is 18.7. The fourth-order valence-electron chi connectivity index (χ4n) is 4.53. The molecule has 3 aromatic carbocycles. The number of benzene rings is 3. The lowest BCUT2D eigenvalue weighted by atomic mass is 10.0. The van der Waals surface area contributed by atoms with Crippen LogP contribution < -0.4 is 11.2 Å². The Labute approximate surface area is 196 Å². The van der Waals surface area contributed by atoms with Crippen LogP contribution in [0.3, 0.4) is 0 Å². The Morgan fingerprint density at radius 3 is 2.44 bits per heavy atom. The van der Waals surface area contributed by atoms with Crippen LogP contribution in [0.5, 0.6) is 5.88 Å². The molecule has 0 amide bonds. The standard InChI is InChI=1S/C27H26N4O3/c32-25-23(17-28-21-13-15-30(16-14-21)18-19-7-2-1-3-8-19)26(33)31(27(34)29-25)24-12-6-10-20-9-4-5-11-22(20)24/h1-12,17,21,33H,13-16,18H2,(H,29,32,34). The lowest BCUT2D eigenvalue weighted by Gasteiger charge is -2.30. The minimum atomic E-state index is -0.690. The van der Waals surface area contributed by atoms with Gasteiger partial charge in [-0.3, -0.25) is 19.7 Å². The van der Waals surface area contributed by atoms with Crippen molar-refractivity contribution in [2.24, 2.45) is 4.99 Å². The first kappa shape index (κ1) is 21.9. The second-order valence-electron chi connectivity index (χ2n) is 8.60. The van der Waals surface area contributed by atoms with Crippen LogP contribution >= 0.6 is 0 Å². The lowest BCUT2D eigenvalue weighted by molar-refractivity contribution is 0.206. The Bertz CT molecular complexity index is 1440. The van der Waals surface area contributed by atoms with Crippen LogP contribution in [-0.4, -0.2) is 44.9 Å². The zero-order chi connectivity index (χ0) is 23.5. The summed E-state index contributed by atoms with van der Waals surface area (Å²) >= 11 is 0. The maximum Gasteiger partial charge on any atom is 0.335 e. The molecule has 1 saturated heterocycles. The molecule has 2 heterocycles. The second-order valence-corrected chi connectivity index (χ2v) is 8.60. The summed E-state index contributed by atoms with van der Waals surface area (Å²) in [6.07, 6.45) is 3.14. The van der Waals surface area contributed by atoms with Gasteiger partial charge in [0.2, 0.25) is 5.88 Å². The number of nitrogens with one attached hydrogen (secondary N) is 1. The van der Waals surface area contributed by atoms with E-state index in [0.29, 0.717) is 5.69 Å². The van der Waals surface area contributed by atoms with Gasteiger partial charge in [0.15, 0.2) is 0 Å². The predicted octanol–water partition coefficient (Wildman–Crippen LogP) is 3.47. The van der Waals surface area contributed by atoms with E-state index in [0.717, 1.165) is 47.8 Å². The molecule has 7 heteroatoms. The molecule has 0 radical (unpaired) electrons. The highest BCUT2D eigenvalue weighted by Gasteiger charge is 2.20. The molecule has 0 unspecified atom stereocenters. The number of aromatic amines is 1. The van der Waals surface area contributed by atoms with E-state index in [2.05, 4.69) is 27.0 Å². The third kappa shape index (κ3) is 4.43. The van der Waals surface area contributed by atoms with Crippen LogP contribution in [0.1, 0.15) is 24.0 Å². The Kier molecular flexibility index (Phi) is 6.10. The minimum absolute atomic E-state index is 0.0146. The summed E-state index contributed by atoms with van der Waals surface area (Å²) < 4.78 is 1.13. The first-order chi connectivity index (χ1) is 16.6. The molecule has 5 rings (SSSR count). The van der Waals surface area contributed by atoms with Gasteiger partial charge in [0, 0.05) is 31.2 Å². The number of piperidine rings is 1. The molecular weight excluding hydrogens is 428 g/mol. The summed E-state index contributed by atoms with van der Waals surface area (Å²) in [7, 11) is 0. The normalized spacial score (nSPS) is 15.3. The van der Waals surface area contributed by atoms with Gasteiger partial charge < -0.3 is 5.11 Å². The van der Waals surface area contributed by atoms with Crippen LogP contribution in [0.2, 0.25) is 0 Å². The number of nitrogens with zero attached hydrogens (tertiary/aromatic N) is 3. The fraction of sp³-hybridized carbons (Fsp3) is 0.222. The quantitative estimate of drug-likeness (QED) is 0.452. The van der Waals surface area contributed by atoms with E-state index in [1.54, 1.807) is 6.07 Å². The average molecular weight is 455 g/mol. The third-order valence-electron chi connectivity index (χ3n) is 6.35. The largest absolute Gasteiger partial charge is 0.493 e. The number of H-pyrrole nitrogens is 1. The molecule has 0 bridgehead atoms. The topological polar surface area (TPSA) is 90.7 Å². The third-order valence-corrected chi connectivity index (χ3v) is 6.35. The average Bonchev–Trinajstić information content (AvgIpc) is 2.85. The molecule has 172 valence electrons. The number of likely N-dealkylation sites (tertiary alicyclic amines) is 1. The van der Waals surface area contributed by atoms with Crippen molar-refractivity contribution in [2.75, 3.05) is 13.1 Å². The molecule has 1 aromatic heterocycles. The highest BCUT2D eigenvalue weighted by atomic mass is 16.3. The van der Waals surface area contributed by atoms with Gasteiger partial charge in [-0.1, -0.05) is 66.7 Å². The van der Waals surface area contributed by atoms with Crippen LogP contribution in [0.15, 0.2) is 87.4 Å². The summed E-state index contributed by atoms with van der Waals surface area (Å²) in [6.45, 7) is 2.73. The van der Waals surface area contributed by atoms with Crippen molar-refractivity contribution in [1.82, 2.24) is 14.5 Å². The molecular formula is C27H26N4O3. The molecule has 0 atom stereocenters. The van der Waals surface area contributed by atoms with Crippen molar-refractivity contribution >= 4 is 17.0 Å². The Hall–Kier alpha value is -3.97. The van der Waals surface area contributed by atoms with E-state index in [4.69, 9.17) is 0 Å². The van der Waals surface area contributed by atoms with Gasteiger partial charge in [0.25, 0.3) is 5.56 Å². The first-order valence-electron chi connectivity index (χ1n) is 11.5. The van der Waals surface area contributed by atoms with Gasteiger partial charge in [0.1, 0.15) is 5.56 Å². The molecule has 1 aliphatic heterocycles. The number of aliphatic imine (C=N–C) groups is 1. The van der Waals surface area contributed by atoms with Crippen molar-refractivity contribution in [3.05, 3.63) is 105 Å². The predicted molar refractivity (Wildman–Crippen MR) is 134 cm³/mol. The summed E-state index contributed by atoms with van der Waals surface area (Å²) in [6, 6.07) is 23.5. The molecule has 7 nitrogen and oxygen atoms in total. The van der Waals surface area contributed by atoms with E-state index in [1.165, 1.54) is 11.8 Å². The van der Waals surface area contributed by atoms with Crippen LogP contribution in [0, 0.1) is 0 Å². The van der Waals surface area contributed by atoms with E-state index >= 15 is 0 Å². The smallest absolute Gasteiger partial charge is 0.335 e. The number of hydrogen-bond donors (Lipinski definition) is 2. The summed E-state index contributed by atoms with van der Waals surface area (Å²) in [5.74, 6) is -0.407. The molecule has 0 aliphatic carbocycles. The molecule has 2 N–H and O–H groups in total. The van der Waals surface area contributed by atoms with Crippen molar-refractivity contribution in [1.29, 1.82) is 0 Å². The Morgan fingerprint density at radius 1 is 0.941 bits per heavy atom. The molecule has 34 heavy (non-hydrogen) atoms. The first-order valence-corrected chi connectivity index (χ1v) is 11.5. The van der Waals surface area contributed by atoms with Gasteiger partial charge >= 0.3 is 5.69 Å². The number of fused-ring (bicyclic) bond motifs is 1. The maximum absolute atomic E-state index is 12.6. The number of aromatic nitrogens is 2. The monoisotopic (exact) mass is 454 g/mol. The minimum Gasteiger partial charge on any atom is -0.493 e. The lowest BCUT2D eigenvalue weighted by Crippen LogP contribution is -2.35. The maximum atomic E-state index is 12.6. The van der Waals surface area contributed by atoms with Crippen molar-refractivity contribution in [3.63, 3.8) is 0 Å². The molecule has 0 spiro atoms. The van der Waals surface area contributed by atoms with E-state index in [-0.39, 0.29) is 11.6 Å². The summed E-state index contributed by atoms with van der Waals surface area (Å²) in [5.41, 5.74) is 0.436. The molecule has 0 saturated carbocycles. The van der Waals surface area contributed by atoms with E-state index in [9.17, 15) is 14.7 Å². The van der Waals surface area contributed by atoms with Gasteiger partial charge in [-0.05, 0) is 29.9 Å². The van der Waals surface area contributed by atoms with Gasteiger partial charge in [-0.25, -0.2) is 9.36 Å². The zero-order valence-electron chi connectivity index (χ0n) is 18.7. The summed E-state index contributed by atoms with van der Waals surface area (Å²) in [4.78, 5) is 34.5. The van der Waals surface area contributed by atoms with Gasteiger partial charge in [-0.15, -0.1) is 0 Å². The number of hydrogen-bond acceptors (Lipinski definition) is 5. The van der Waals surface area contributed by atoms with Gasteiger partial charge in [0.05, 0.1) is 11.7 Å².